The maximum absolute atomic E-state index is 12.8. The van der Waals surface area contributed by atoms with E-state index in [2.05, 4.69) is 12.2 Å². The van der Waals surface area contributed by atoms with Gasteiger partial charge in [0.25, 0.3) is 5.91 Å². The number of benzene rings is 1. The standard InChI is InChI=1S/C28H44F3NO3/c1-3-4-5-6-7-8-9-10-11-12-13-14-15-16-17-21-35-27(34)23(2)32-26(33)24-19-18-20-25(22-24)28(29,30)31/h18-20,22-23H,3-17,21H2,1-2H3,(H,32,33). The lowest BCUT2D eigenvalue weighted by Gasteiger charge is -2.14. The van der Waals surface area contributed by atoms with Crippen molar-refractivity contribution in [2.75, 3.05) is 6.61 Å². The van der Waals surface area contributed by atoms with E-state index in [9.17, 15) is 22.8 Å². The number of carbonyl (C=O) groups excluding carboxylic acids is 2. The normalized spacial score (nSPS) is 12.4. The molecule has 0 saturated carbocycles. The van der Waals surface area contributed by atoms with Crippen molar-refractivity contribution in [3.63, 3.8) is 0 Å². The molecule has 0 bridgehead atoms. The summed E-state index contributed by atoms with van der Waals surface area (Å²) in [5.74, 6) is -1.33. The molecule has 0 aliphatic rings. The van der Waals surface area contributed by atoms with Gasteiger partial charge in [-0.25, -0.2) is 4.79 Å². The maximum atomic E-state index is 12.8. The third-order valence-electron chi connectivity index (χ3n) is 6.15. The van der Waals surface area contributed by atoms with Crippen LogP contribution in [0.2, 0.25) is 0 Å². The first-order chi connectivity index (χ1) is 16.8. The third kappa shape index (κ3) is 14.8. The number of amides is 1. The van der Waals surface area contributed by atoms with Crippen molar-refractivity contribution < 1.29 is 27.5 Å². The predicted octanol–water partition coefficient (Wildman–Crippen LogP) is 8.24. The smallest absolute Gasteiger partial charge is 0.416 e. The number of rotatable bonds is 19. The number of unbranched alkanes of at least 4 members (excludes halogenated alkanes) is 14. The highest BCUT2D eigenvalue weighted by Gasteiger charge is 2.31. The second-order valence-corrected chi connectivity index (χ2v) is 9.39. The van der Waals surface area contributed by atoms with E-state index in [0.29, 0.717) is 0 Å². The van der Waals surface area contributed by atoms with Gasteiger partial charge in [0.15, 0.2) is 0 Å². The van der Waals surface area contributed by atoms with Crippen LogP contribution in [0.3, 0.4) is 0 Å². The first-order valence-electron chi connectivity index (χ1n) is 13.4. The average molecular weight is 500 g/mol. The number of halogens is 3. The maximum Gasteiger partial charge on any atom is 0.416 e. The Labute approximate surface area is 209 Å². The molecular formula is C28H44F3NO3. The SMILES string of the molecule is CCCCCCCCCCCCCCCCCOC(=O)C(C)NC(=O)c1cccc(C(F)(F)F)c1. The van der Waals surface area contributed by atoms with E-state index in [-0.39, 0.29) is 12.2 Å². The van der Waals surface area contributed by atoms with Crippen LogP contribution in [-0.4, -0.2) is 24.5 Å². The Morgan fingerprint density at radius 1 is 0.829 bits per heavy atom. The molecule has 1 aromatic rings. The van der Waals surface area contributed by atoms with Gasteiger partial charge in [-0.2, -0.15) is 13.2 Å². The van der Waals surface area contributed by atoms with Crippen molar-refractivity contribution in [2.24, 2.45) is 0 Å². The Balaban J connectivity index is 2.03. The van der Waals surface area contributed by atoms with Gasteiger partial charge in [-0.1, -0.05) is 103 Å². The topological polar surface area (TPSA) is 55.4 Å². The van der Waals surface area contributed by atoms with Crippen molar-refractivity contribution in [1.29, 1.82) is 0 Å². The minimum atomic E-state index is -4.53. The number of hydrogen-bond acceptors (Lipinski definition) is 3. The summed E-state index contributed by atoms with van der Waals surface area (Å²) in [6, 6.07) is 3.16. The molecule has 200 valence electrons. The molecule has 0 radical (unpaired) electrons. The molecule has 1 aromatic carbocycles. The summed E-state index contributed by atoms with van der Waals surface area (Å²) in [6.45, 7) is 3.98. The molecule has 0 spiro atoms. The summed E-state index contributed by atoms with van der Waals surface area (Å²) >= 11 is 0. The number of esters is 1. The lowest BCUT2D eigenvalue weighted by Crippen LogP contribution is -2.39. The molecule has 0 saturated heterocycles. The lowest BCUT2D eigenvalue weighted by atomic mass is 10.0. The minimum absolute atomic E-state index is 0.151. The number of carbonyl (C=O) groups is 2. The van der Waals surface area contributed by atoms with Crippen molar-refractivity contribution in [2.45, 2.75) is 122 Å². The van der Waals surface area contributed by atoms with Gasteiger partial charge in [0, 0.05) is 5.56 Å². The molecule has 0 fully saturated rings. The average Bonchev–Trinajstić information content (AvgIpc) is 2.83. The number of nitrogens with one attached hydrogen (secondary N) is 1. The van der Waals surface area contributed by atoms with Crippen molar-refractivity contribution >= 4 is 11.9 Å². The zero-order valence-corrected chi connectivity index (χ0v) is 21.6. The fourth-order valence-corrected chi connectivity index (χ4v) is 3.95. The van der Waals surface area contributed by atoms with Gasteiger partial charge in [0.1, 0.15) is 6.04 Å². The molecular weight excluding hydrogens is 455 g/mol. The van der Waals surface area contributed by atoms with Crippen LogP contribution in [-0.2, 0) is 15.7 Å². The molecule has 1 unspecified atom stereocenters. The summed E-state index contributed by atoms with van der Waals surface area (Å²) in [5, 5.41) is 2.40. The highest BCUT2D eigenvalue weighted by molar-refractivity contribution is 5.96. The highest BCUT2D eigenvalue weighted by Crippen LogP contribution is 2.29. The Hall–Kier alpha value is -2.05. The first kappa shape index (κ1) is 31.0. The molecule has 7 heteroatoms. The lowest BCUT2D eigenvalue weighted by molar-refractivity contribution is -0.145. The Bertz CT molecular complexity index is 722. The fourth-order valence-electron chi connectivity index (χ4n) is 3.95. The van der Waals surface area contributed by atoms with Crippen LogP contribution in [0, 0.1) is 0 Å². The van der Waals surface area contributed by atoms with Crippen LogP contribution in [0.4, 0.5) is 13.2 Å². The molecule has 1 N–H and O–H groups in total. The summed E-state index contributed by atoms with van der Waals surface area (Å²) in [7, 11) is 0. The molecule has 0 heterocycles. The summed E-state index contributed by atoms with van der Waals surface area (Å²) in [6.07, 6.45) is 14.2. The Kier molecular flexibility index (Phi) is 16.2. The second kappa shape index (κ2) is 18.3. The fraction of sp³-hybridized carbons (Fsp3) is 0.714. The highest BCUT2D eigenvalue weighted by atomic mass is 19.4. The minimum Gasteiger partial charge on any atom is -0.464 e. The number of hydrogen-bond donors (Lipinski definition) is 1. The van der Waals surface area contributed by atoms with E-state index >= 15 is 0 Å². The summed E-state index contributed by atoms with van der Waals surface area (Å²) in [4.78, 5) is 24.2. The summed E-state index contributed by atoms with van der Waals surface area (Å²) in [5.41, 5.74) is -1.06. The second-order valence-electron chi connectivity index (χ2n) is 9.39. The van der Waals surface area contributed by atoms with E-state index in [1.165, 1.54) is 90.0 Å². The molecule has 0 aliphatic heterocycles. The molecule has 4 nitrogen and oxygen atoms in total. The van der Waals surface area contributed by atoms with Crippen LogP contribution in [0.1, 0.15) is 126 Å². The van der Waals surface area contributed by atoms with E-state index in [1.807, 2.05) is 0 Å². The zero-order chi connectivity index (χ0) is 25.9. The van der Waals surface area contributed by atoms with Gasteiger partial charge in [-0.15, -0.1) is 0 Å². The molecule has 35 heavy (non-hydrogen) atoms. The molecule has 1 rings (SSSR count). The number of alkyl halides is 3. The molecule has 1 amide bonds. The van der Waals surface area contributed by atoms with Gasteiger partial charge < -0.3 is 10.1 Å². The largest absolute Gasteiger partial charge is 0.464 e. The van der Waals surface area contributed by atoms with Crippen LogP contribution in [0.5, 0.6) is 0 Å². The quantitative estimate of drug-likeness (QED) is 0.154. The van der Waals surface area contributed by atoms with Crippen LogP contribution < -0.4 is 5.32 Å². The predicted molar refractivity (Wildman–Crippen MR) is 134 cm³/mol. The van der Waals surface area contributed by atoms with Crippen molar-refractivity contribution in [3.05, 3.63) is 35.4 Å². The van der Waals surface area contributed by atoms with Crippen LogP contribution >= 0.6 is 0 Å². The zero-order valence-electron chi connectivity index (χ0n) is 21.6. The number of ether oxygens (including phenoxy) is 1. The van der Waals surface area contributed by atoms with Gasteiger partial charge in [-0.3, -0.25) is 4.79 Å². The Morgan fingerprint density at radius 2 is 1.31 bits per heavy atom. The molecule has 1 atom stereocenters. The van der Waals surface area contributed by atoms with E-state index in [1.54, 1.807) is 0 Å². The Morgan fingerprint density at radius 3 is 1.80 bits per heavy atom. The van der Waals surface area contributed by atoms with Crippen LogP contribution in [0.15, 0.2) is 24.3 Å². The van der Waals surface area contributed by atoms with E-state index < -0.39 is 29.7 Å². The summed E-state index contributed by atoms with van der Waals surface area (Å²) < 4.78 is 43.6. The van der Waals surface area contributed by atoms with Crippen molar-refractivity contribution in [3.8, 4) is 0 Å². The van der Waals surface area contributed by atoms with E-state index in [0.717, 1.165) is 37.5 Å². The molecule has 0 aliphatic carbocycles. The van der Waals surface area contributed by atoms with E-state index in [4.69, 9.17) is 4.74 Å². The van der Waals surface area contributed by atoms with Gasteiger partial charge >= 0.3 is 12.1 Å². The van der Waals surface area contributed by atoms with Gasteiger partial charge in [0.05, 0.1) is 12.2 Å². The van der Waals surface area contributed by atoms with Gasteiger partial charge in [0.2, 0.25) is 0 Å². The van der Waals surface area contributed by atoms with Crippen LogP contribution in [0.25, 0.3) is 0 Å². The monoisotopic (exact) mass is 499 g/mol. The van der Waals surface area contributed by atoms with Gasteiger partial charge in [-0.05, 0) is 31.5 Å². The third-order valence-corrected chi connectivity index (χ3v) is 6.15. The molecule has 0 aromatic heterocycles. The first-order valence-corrected chi connectivity index (χ1v) is 13.4. The van der Waals surface area contributed by atoms with Crippen molar-refractivity contribution in [1.82, 2.24) is 5.32 Å².